The molecule has 4 nitrogen and oxygen atoms in total. The van der Waals surface area contributed by atoms with Gasteiger partial charge in [-0.05, 0) is 178 Å². The van der Waals surface area contributed by atoms with Crippen molar-refractivity contribution in [2.45, 2.75) is 26.2 Å². The number of rotatable bonds is 9. The summed E-state index contributed by atoms with van der Waals surface area (Å²) in [6.45, 7) is 6.82. The van der Waals surface area contributed by atoms with E-state index < -0.39 is 0 Å². The summed E-state index contributed by atoms with van der Waals surface area (Å²) < 4.78 is 9.31. The molecule has 3 aliphatic heterocycles. The van der Waals surface area contributed by atoms with Gasteiger partial charge in [-0.1, -0.05) is 276 Å². The van der Waals surface area contributed by atoms with Gasteiger partial charge >= 0.3 is 0 Å². The van der Waals surface area contributed by atoms with E-state index in [0.29, 0.717) is 0 Å². The molecule has 20 rings (SSSR count). The Kier molecular flexibility index (Phi) is 13.2. The summed E-state index contributed by atoms with van der Waals surface area (Å²) in [5, 5.41) is 8.90. The quantitative estimate of drug-likeness (QED) is 0.106. The predicted octanol–water partition coefficient (Wildman–Crippen LogP) is 24.8. The Morgan fingerprint density at radius 1 is 0.310 bits per heavy atom. The number of ether oxygens (including phenoxy) is 1. The predicted molar refractivity (Wildman–Crippen MR) is 426 cm³/mol. The maximum atomic E-state index is 6.76. The molecule has 0 atom stereocenters. The third-order valence-corrected chi connectivity index (χ3v) is 22.3. The third kappa shape index (κ3) is 9.14. The molecule has 0 radical (unpaired) electrons. The van der Waals surface area contributed by atoms with Gasteiger partial charge in [0.1, 0.15) is 0 Å². The van der Waals surface area contributed by atoms with Crippen molar-refractivity contribution in [3.05, 3.63) is 339 Å². The molecule has 4 heterocycles. The molecule has 0 fully saturated rings. The number of benzene rings is 16. The van der Waals surface area contributed by atoms with Crippen LogP contribution in [0.2, 0.25) is 0 Å². The van der Waals surface area contributed by atoms with Crippen LogP contribution in [0.1, 0.15) is 26.3 Å². The largest absolute Gasteiger partial charge is 0.453 e. The monoisotopic (exact) mass is 1290 g/mol. The number of para-hydroxylation sites is 6. The van der Waals surface area contributed by atoms with Crippen LogP contribution < -0.4 is 35.1 Å². The average Bonchev–Trinajstić information content (AvgIpc) is 1.25. The molecule has 100 heavy (non-hydrogen) atoms. The van der Waals surface area contributed by atoms with Crippen LogP contribution in [0.4, 0.5) is 51.2 Å². The minimum atomic E-state index is -0.218. The summed E-state index contributed by atoms with van der Waals surface area (Å²) in [7, 11) is 0. The Balaban J connectivity index is 0.943. The smallest absolute Gasteiger partial charge is 0.264 e. The van der Waals surface area contributed by atoms with Crippen molar-refractivity contribution < 1.29 is 4.74 Å². The van der Waals surface area contributed by atoms with Gasteiger partial charge in [0.05, 0.1) is 28.4 Å². The first kappa shape index (κ1) is 58.0. The lowest BCUT2D eigenvalue weighted by atomic mass is 9.36. The van der Waals surface area contributed by atoms with E-state index in [1.54, 1.807) is 0 Å². The maximum absolute atomic E-state index is 6.76. The number of hydrogen-bond donors (Lipinski definition) is 0. The molecule has 17 aromatic rings. The van der Waals surface area contributed by atoms with Crippen LogP contribution in [0.3, 0.4) is 0 Å². The Hall–Kier alpha value is -12.2. The molecule has 0 saturated heterocycles. The van der Waals surface area contributed by atoms with Gasteiger partial charge in [0.15, 0.2) is 11.5 Å². The maximum Gasteiger partial charge on any atom is 0.264 e. The van der Waals surface area contributed by atoms with Crippen molar-refractivity contribution in [1.29, 1.82) is 0 Å². The summed E-state index contributed by atoms with van der Waals surface area (Å²) in [6, 6.07) is 125. The second kappa shape index (κ2) is 22.7. The van der Waals surface area contributed by atoms with Gasteiger partial charge in [-0.15, -0.1) is 11.3 Å². The van der Waals surface area contributed by atoms with Crippen LogP contribution in [0.25, 0.3) is 109 Å². The second-order valence-corrected chi connectivity index (χ2v) is 29.0. The summed E-state index contributed by atoms with van der Waals surface area (Å²) in [5.74, 6) is 1.62. The van der Waals surface area contributed by atoms with Crippen LogP contribution in [-0.4, -0.2) is 6.71 Å². The summed E-state index contributed by atoms with van der Waals surface area (Å²) in [4.78, 5) is 7.81. The molecule has 0 bridgehead atoms. The lowest BCUT2D eigenvalue weighted by Gasteiger charge is -2.45. The van der Waals surface area contributed by atoms with Crippen LogP contribution in [0.15, 0.2) is 334 Å². The van der Waals surface area contributed by atoms with Gasteiger partial charge in [0.2, 0.25) is 0 Å². The molecule has 3 aliphatic rings. The molecule has 0 amide bonds. The summed E-state index contributed by atoms with van der Waals surface area (Å²) in [5.41, 5.74) is 27.1. The van der Waals surface area contributed by atoms with Crippen LogP contribution in [0.5, 0.6) is 11.5 Å². The van der Waals surface area contributed by atoms with Crippen molar-refractivity contribution in [3.63, 3.8) is 0 Å². The Morgan fingerprint density at radius 2 is 0.760 bits per heavy atom. The topological polar surface area (TPSA) is 19.0 Å². The highest BCUT2D eigenvalue weighted by atomic mass is 32.1. The average molecular weight is 1290 g/mol. The van der Waals surface area contributed by atoms with Gasteiger partial charge in [-0.3, -0.25) is 0 Å². The molecule has 0 aliphatic carbocycles. The van der Waals surface area contributed by atoms with Crippen LogP contribution in [0, 0.1) is 0 Å². The molecular weight excluding hydrogens is 1230 g/mol. The Labute approximate surface area is 586 Å². The number of anilines is 9. The van der Waals surface area contributed by atoms with E-state index in [4.69, 9.17) is 4.74 Å². The van der Waals surface area contributed by atoms with Crippen molar-refractivity contribution in [1.82, 2.24) is 0 Å². The molecule has 1 aromatic heterocycles. The second-order valence-electron chi connectivity index (χ2n) is 27.9. The first-order valence-corrected chi connectivity index (χ1v) is 35.5. The van der Waals surface area contributed by atoms with Gasteiger partial charge in [0.25, 0.3) is 6.71 Å². The van der Waals surface area contributed by atoms with Crippen LogP contribution >= 0.6 is 11.3 Å². The van der Waals surface area contributed by atoms with E-state index in [1.807, 2.05) is 11.3 Å². The zero-order chi connectivity index (χ0) is 66.3. The van der Waals surface area contributed by atoms with Crippen molar-refractivity contribution in [3.8, 4) is 78.3 Å². The highest BCUT2D eigenvalue weighted by Crippen LogP contribution is 2.58. The van der Waals surface area contributed by atoms with Gasteiger partial charge in [-0.25, -0.2) is 0 Å². The molecular formula is C94H64BN3OS. The zero-order valence-electron chi connectivity index (χ0n) is 55.5. The molecule has 6 heteroatoms. The number of thiophene rings is 1. The highest BCUT2D eigenvalue weighted by molar-refractivity contribution is 7.33. The molecule has 16 aromatic carbocycles. The SMILES string of the molecule is CC(C)(C)c1ccc2sc3c(c2c1)N(c1c(-c2ccccc2)cccc1-c1ccccc1)c1cc(-c2cccc(-c4cc5ccc6cccc7ccc(c4)c5c67)c2)cc2c1B3c1ccc(N3c4ccccc4Oc4ccccc43)cc1N2c1c(-c2ccccc2)cccc1-c1ccccc1. The normalized spacial score (nSPS) is 12.9. The highest BCUT2D eigenvalue weighted by Gasteiger charge is 2.48. The standard InChI is InChI=1S/C94H64BN3OS/c1-94(2,3)71-48-51-86-77(57-71)92-93(100-86)95-78-50-49-72(96-79-40-16-18-42-84(79)99-85-43-19-17-41-80(85)96)58-81(78)97(90-73(59-24-8-4-9-25-59)36-22-37-74(90)60-26-10-5-11-27-60)82-55-70(66-35-21-34-65(52-66)69-53-67-46-44-63-32-20-33-64-45-47-68(54-69)88(67)87(63)64)56-83(89(82)95)98(92)91-75(61-28-12-6-13-29-61)38-23-39-76(91)62-30-14-7-15-31-62/h4-58H,1-3H3. The van der Waals surface area contributed by atoms with Crippen LogP contribution in [-0.2, 0) is 5.41 Å². The number of nitrogens with zero attached hydrogens (tertiary/aromatic N) is 3. The third-order valence-electron chi connectivity index (χ3n) is 21.1. The van der Waals surface area contributed by atoms with E-state index in [9.17, 15) is 0 Å². The fourth-order valence-corrected chi connectivity index (χ4v) is 17.8. The van der Waals surface area contributed by atoms with Crippen molar-refractivity contribution >= 4 is 127 Å². The zero-order valence-corrected chi connectivity index (χ0v) is 56.3. The lowest BCUT2D eigenvalue weighted by molar-refractivity contribution is 0.477. The lowest BCUT2D eigenvalue weighted by Crippen LogP contribution is -2.60. The first-order chi connectivity index (χ1) is 49.2. The van der Waals surface area contributed by atoms with E-state index >= 15 is 0 Å². The van der Waals surface area contributed by atoms with Gasteiger partial charge < -0.3 is 19.4 Å². The Bertz CT molecular complexity index is 5910. The number of hydrogen-bond acceptors (Lipinski definition) is 5. The molecule has 0 spiro atoms. The van der Waals surface area contributed by atoms with Gasteiger partial charge in [0, 0.05) is 59.9 Å². The minimum absolute atomic E-state index is 0.133. The summed E-state index contributed by atoms with van der Waals surface area (Å²) in [6.07, 6.45) is 0. The molecule has 470 valence electrons. The minimum Gasteiger partial charge on any atom is -0.453 e. The first-order valence-electron chi connectivity index (χ1n) is 34.7. The van der Waals surface area contributed by atoms with E-state index in [0.717, 1.165) is 118 Å². The number of fused-ring (bicyclic) bond motifs is 8. The molecule has 0 N–H and O–H groups in total. The molecule has 0 unspecified atom stereocenters. The van der Waals surface area contributed by atoms with E-state index in [1.165, 1.54) is 74.9 Å². The fourth-order valence-electron chi connectivity index (χ4n) is 16.5. The van der Waals surface area contributed by atoms with Gasteiger partial charge in [-0.2, -0.15) is 0 Å². The van der Waals surface area contributed by atoms with Crippen molar-refractivity contribution in [2.75, 3.05) is 14.7 Å². The molecule has 0 saturated carbocycles. The van der Waals surface area contributed by atoms with Crippen molar-refractivity contribution in [2.24, 2.45) is 0 Å². The summed E-state index contributed by atoms with van der Waals surface area (Å²) >= 11 is 1.95. The van der Waals surface area contributed by atoms with E-state index in [-0.39, 0.29) is 12.1 Å². The van der Waals surface area contributed by atoms with E-state index in [2.05, 4.69) is 369 Å². The fraction of sp³-hybridized carbons (Fsp3) is 0.0426. The Morgan fingerprint density at radius 3 is 1.30 bits per heavy atom.